The number of carbonyl (C=O) groups excluding carboxylic acids is 1. The highest BCUT2D eigenvalue weighted by molar-refractivity contribution is 5.94. The van der Waals surface area contributed by atoms with Crippen molar-refractivity contribution in [1.29, 1.82) is 0 Å². The van der Waals surface area contributed by atoms with Crippen LogP contribution in [-0.4, -0.2) is 23.9 Å². The minimum absolute atomic E-state index is 0.467. The lowest BCUT2D eigenvalue weighted by Crippen LogP contribution is -2.29. The van der Waals surface area contributed by atoms with E-state index in [1.54, 1.807) is 0 Å². The van der Waals surface area contributed by atoms with Crippen molar-refractivity contribution in [3.05, 3.63) is 35.1 Å². The Bertz CT molecular complexity index is 464. The lowest BCUT2D eigenvalue weighted by Gasteiger charge is -2.17. The van der Waals surface area contributed by atoms with Gasteiger partial charge in [0.15, 0.2) is 0 Å². The van der Waals surface area contributed by atoms with Crippen LogP contribution in [-0.2, 0) is 6.18 Å². The molecule has 0 bridgehead atoms. The van der Waals surface area contributed by atoms with Gasteiger partial charge in [-0.25, -0.2) is 4.39 Å². The number of likely N-dealkylation sites (tertiary alicyclic amines) is 1. The van der Waals surface area contributed by atoms with Gasteiger partial charge in [-0.3, -0.25) is 4.79 Å². The molecule has 0 atom stereocenters. The van der Waals surface area contributed by atoms with Crippen LogP contribution in [0.5, 0.6) is 0 Å². The van der Waals surface area contributed by atoms with Crippen molar-refractivity contribution in [2.75, 3.05) is 13.1 Å². The molecule has 1 heterocycles. The Morgan fingerprint density at radius 2 is 1.78 bits per heavy atom. The summed E-state index contributed by atoms with van der Waals surface area (Å²) in [4.78, 5) is 13.2. The van der Waals surface area contributed by atoms with E-state index >= 15 is 0 Å². The first kappa shape index (κ1) is 12.9. The number of halogens is 4. The Kier molecular flexibility index (Phi) is 3.28. The lowest BCUT2D eigenvalue weighted by molar-refractivity contribution is -0.140. The molecule has 98 valence electrons. The summed E-state index contributed by atoms with van der Waals surface area (Å²) in [5.41, 5.74) is -1.90. The first-order valence-electron chi connectivity index (χ1n) is 5.56. The Morgan fingerprint density at radius 3 is 2.33 bits per heavy atom. The van der Waals surface area contributed by atoms with E-state index < -0.39 is 29.0 Å². The summed E-state index contributed by atoms with van der Waals surface area (Å²) in [7, 11) is 0. The molecule has 1 aromatic rings. The fourth-order valence-corrected chi connectivity index (χ4v) is 2.01. The van der Waals surface area contributed by atoms with Crippen LogP contribution in [0, 0.1) is 5.82 Å². The lowest BCUT2D eigenvalue weighted by atomic mass is 10.1. The van der Waals surface area contributed by atoms with E-state index in [9.17, 15) is 22.4 Å². The summed E-state index contributed by atoms with van der Waals surface area (Å²) < 4.78 is 51.2. The van der Waals surface area contributed by atoms with Gasteiger partial charge in [0.2, 0.25) is 0 Å². The summed E-state index contributed by atoms with van der Waals surface area (Å²) in [6, 6.07) is 2.77. The third-order valence-electron chi connectivity index (χ3n) is 2.93. The van der Waals surface area contributed by atoms with E-state index in [0.29, 0.717) is 19.2 Å². The van der Waals surface area contributed by atoms with Crippen molar-refractivity contribution >= 4 is 5.91 Å². The van der Waals surface area contributed by atoms with Crippen molar-refractivity contribution in [1.82, 2.24) is 4.90 Å². The normalized spacial score (nSPS) is 16.1. The maximum atomic E-state index is 13.7. The van der Waals surface area contributed by atoms with Crippen molar-refractivity contribution in [2.24, 2.45) is 0 Å². The van der Waals surface area contributed by atoms with Gasteiger partial charge in [-0.15, -0.1) is 0 Å². The third-order valence-corrected chi connectivity index (χ3v) is 2.93. The molecule has 1 aromatic carbocycles. The monoisotopic (exact) mass is 261 g/mol. The number of nitrogens with zero attached hydrogens (tertiary/aromatic N) is 1. The van der Waals surface area contributed by atoms with Gasteiger partial charge >= 0.3 is 6.18 Å². The molecule has 6 heteroatoms. The van der Waals surface area contributed by atoms with E-state index in [-0.39, 0.29) is 0 Å². The van der Waals surface area contributed by atoms with E-state index in [4.69, 9.17) is 0 Å². The quantitative estimate of drug-likeness (QED) is 0.711. The largest absolute Gasteiger partial charge is 0.419 e. The first-order chi connectivity index (χ1) is 8.41. The molecule has 1 aliphatic heterocycles. The predicted octanol–water partition coefficient (Wildman–Crippen LogP) is 3.08. The average molecular weight is 261 g/mol. The number of amides is 1. The van der Waals surface area contributed by atoms with Gasteiger partial charge in [-0.2, -0.15) is 13.2 Å². The molecule has 18 heavy (non-hydrogen) atoms. The topological polar surface area (TPSA) is 20.3 Å². The molecule has 1 fully saturated rings. The highest BCUT2D eigenvalue weighted by atomic mass is 19.4. The zero-order valence-corrected chi connectivity index (χ0v) is 9.43. The summed E-state index contributed by atoms with van der Waals surface area (Å²) in [6.07, 6.45) is -3.19. The van der Waals surface area contributed by atoms with Crippen molar-refractivity contribution in [3.63, 3.8) is 0 Å². The zero-order chi connectivity index (χ0) is 13.3. The van der Waals surface area contributed by atoms with Crippen molar-refractivity contribution in [3.8, 4) is 0 Å². The molecule has 2 nitrogen and oxygen atoms in total. The second-order valence-electron chi connectivity index (χ2n) is 4.16. The zero-order valence-electron chi connectivity index (χ0n) is 9.43. The molecule has 1 aliphatic rings. The number of alkyl halides is 3. The average Bonchev–Trinajstić information content (AvgIpc) is 2.80. The Balaban J connectivity index is 2.36. The van der Waals surface area contributed by atoms with Crippen LogP contribution in [0.4, 0.5) is 17.6 Å². The van der Waals surface area contributed by atoms with Crippen LogP contribution in [0.2, 0.25) is 0 Å². The van der Waals surface area contributed by atoms with Gasteiger partial charge in [0, 0.05) is 13.1 Å². The number of rotatable bonds is 1. The van der Waals surface area contributed by atoms with Crippen molar-refractivity contribution in [2.45, 2.75) is 19.0 Å². The van der Waals surface area contributed by atoms with Gasteiger partial charge in [0.1, 0.15) is 5.82 Å². The van der Waals surface area contributed by atoms with E-state index in [0.717, 1.165) is 25.0 Å². The molecule has 0 unspecified atom stereocenters. The molecule has 0 spiro atoms. The Morgan fingerprint density at radius 1 is 1.17 bits per heavy atom. The maximum Gasteiger partial charge on any atom is 0.419 e. The Hall–Kier alpha value is -1.59. The third kappa shape index (κ3) is 2.32. The first-order valence-corrected chi connectivity index (χ1v) is 5.56. The summed E-state index contributed by atoms with van der Waals surface area (Å²) >= 11 is 0. The van der Waals surface area contributed by atoms with Gasteiger partial charge in [-0.05, 0) is 25.0 Å². The standard InChI is InChI=1S/C12H11F4NO/c13-10-8(11(18)17-6-1-2-7-17)4-3-5-9(10)12(14,15)16/h3-5H,1-2,6-7H2. The SMILES string of the molecule is O=C(c1cccc(C(F)(F)F)c1F)N1CCCC1. The summed E-state index contributed by atoms with van der Waals surface area (Å²) in [5, 5.41) is 0. The number of hydrogen-bond donors (Lipinski definition) is 0. The maximum absolute atomic E-state index is 13.7. The van der Waals surface area contributed by atoms with Gasteiger partial charge in [-0.1, -0.05) is 6.07 Å². The molecule has 0 radical (unpaired) electrons. The predicted molar refractivity (Wildman–Crippen MR) is 56.5 cm³/mol. The van der Waals surface area contributed by atoms with Crippen LogP contribution in [0.15, 0.2) is 18.2 Å². The fourth-order valence-electron chi connectivity index (χ4n) is 2.01. The Labute approximate surface area is 101 Å². The van der Waals surface area contributed by atoms with Crippen LogP contribution in [0.3, 0.4) is 0 Å². The number of hydrogen-bond acceptors (Lipinski definition) is 1. The van der Waals surface area contributed by atoms with Crippen LogP contribution in [0.1, 0.15) is 28.8 Å². The fraction of sp³-hybridized carbons (Fsp3) is 0.417. The van der Waals surface area contributed by atoms with Crippen molar-refractivity contribution < 1.29 is 22.4 Å². The summed E-state index contributed by atoms with van der Waals surface area (Å²) in [5.74, 6) is -2.15. The molecule has 0 aromatic heterocycles. The van der Waals surface area contributed by atoms with E-state index in [1.807, 2.05) is 0 Å². The molecular formula is C12H11F4NO. The number of benzene rings is 1. The molecule has 0 aliphatic carbocycles. The minimum atomic E-state index is -4.79. The minimum Gasteiger partial charge on any atom is -0.339 e. The molecular weight excluding hydrogens is 250 g/mol. The molecule has 2 rings (SSSR count). The smallest absolute Gasteiger partial charge is 0.339 e. The number of carbonyl (C=O) groups is 1. The highest BCUT2D eigenvalue weighted by Crippen LogP contribution is 2.32. The molecule has 1 saturated heterocycles. The molecule has 1 amide bonds. The van der Waals surface area contributed by atoms with Crippen LogP contribution in [0.25, 0.3) is 0 Å². The van der Waals surface area contributed by atoms with Gasteiger partial charge in [0.25, 0.3) is 5.91 Å². The highest BCUT2D eigenvalue weighted by Gasteiger charge is 2.36. The van der Waals surface area contributed by atoms with Crippen LogP contribution >= 0.6 is 0 Å². The molecule has 0 saturated carbocycles. The molecule has 0 N–H and O–H groups in total. The second kappa shape index (κ2) is 4.59. The van der Waals surface area contributed by atoms with Gasteiger partial charge < -0.3 is 4.90 Å². The van der Waals surface area contributed by atoms with Crippen LogP contribution < -0.4 is 0 Å². The van der Waals surface area contributed by atoms with E-state index in [1.165, 1.54) is 4.90 Å². The van der Waals surface area contributed by atoms with Gasteiger partial charge in [0.05, 0.1) is 11.1 Å². The summed E-state index contributed by atoms with van der Waals surface area (Å²) in [6.45, 7) is 0.934. The van der Waals surface area contributed by atoms with E-state index in [2.05, 4.69) is 0 Å². The second-order valence-corrected chi connectivity index (χ2v) is 4.16.